The molecule has 3 heteroatoms. The zero-order valence-electron chi connectivity index (χ0n) is 10.3. The summed E-state index contributed by atoms with van der Waals surface area (Å²) in [6.45, 7) is 4.63. The maximum absolute atomic E-state index is 13.4. The predicted molar refractivity (Wildman–Crippen MR) is 73.7 cm³/mol. The van der Waals surface area contributed by atoms with E-state index in [1.165, 1.54) is 19.3 Å². The van der Waals surface area contributed by atoms with Crippen molar-refractivity contribution in [3.05, 3.63) is 28.5 Å². The molecule has 1 aliphatic rings. The third-order valence-corrected chi connectivity index (χ3v) is 4.53. The Balaban J connectivity index is 1.99. The highest BCUT2D eigenvalue weighted by atomic mass is 79.9. The lowest BCUT2D eigenvalue weighted by molar-refractivity contribution is 0.261. The van der Waals surface area contributed by atoms with Gasteiger partial charge in [-0.15, -0.1) is 0 Å². The topological polar surface area (TPSA) is 12.0 Å². The van der Waals surface area contributed by atoms with Crippen molar-refractivity contribution in [2.75, 3.05) is 5.32 Å². The van der Waals surface area contributed by atoms with E-state index in [0.717, 1.165) is 17.5 Å². The molecule has 0 radical (unpaired) electrons. The number of benzene rings is 1. The highest BCUT2D eigenvalue weighted by Crippen LogP contribution is 2.31. The molecule has 1 nitrogen and oxygen atoms in total. The predicted octanol–water partition coefficient (Wildman–Crippen LogP) is 4.82. The zero-order chi connectivity index (χ0) is 12.4. The van der Waals surface area contributed by atoms with Gasteiger partial charge in [-0.3, -0.25) is 0 Å². The van der Waals surface area contributed by atoms with Gasteiger partial charge in [0.1, 0.15) is 5.82 Å². The fraction of sp³-hybridized carbons (Fsp3) is 0.571. The summed E-state index contributed by atoms with van der Waals surface area (Å²) in [5, 5.41) is 3.44. The van der Waals surface area contributed by atoms with Crippen molar-refractivity contribution >= 4 is 21.6 Å². The Morgan fingerprint density at radius 2 is 2.00 bits per heavy atom. The summed E-state index contributed by atoms with van der Waals surface area (Å²) in [6.07, 6.45) is 3.62. The lowest BCUT2D eigenvalue weighted by Gasteiger charge is -2.33. The van der Waals surface area contributed by atoms with Crippen LogP contribution in [-0.2, 0) is 0 Å². The van der Waals surface area contributed by atoms with Gasteiger partial charge in [-0.2, -0.15) is 0 Å². The zero-order valence-corrected chi connectivity index (χ0v) is 11.9. The number of hydrogen-bond acceptors (Lipinski definition) is 1. The molecule has 0 bridgehead atoms. The van der Waals surface area contributed by atoms with E-state index in [0.29, 0.717) is 10.5 Å². The molecule has 0 aliphatic heterocycles. The molecular formula is C14H19BrFN. The molecule has 1 fully saturated rings. The standard InChI is InChI=1S/C14H19BrFN/c1-9-3-4-11(7-10(9)2)17-12-5-6-13(15)14(16)8-12/h5-6,8-11,17H,3-4,7H2,1-2H3. The summed E-state index contributed by atoms with van der Waals surface area (Å²) in [5.74, 6) is 1.36. The van der Waals surface area contributed by atoms with Crippen LogP contribution in [0.25, 0.3) is 0 Å². The van der Waals surface area contributed by atoms with Gasteiger partial charge >= 0.3 is 0 Å². The third kappa shape index (κ3) is 3.21. The first-order chi connectivity index (χ1) is 8.06. The van der Waals surface area contributed by atoms with E-state index in [1.807, 2.05) is 6.07 Å². The number of anilines is 1. The Morgan fingerprint density at radius 1 is 1.24 bits per heavy atom. The van der Waals surface area contributed by atoms with Crippen LogP contribution >= 0.6 is 15.9 Å². The van der Waals surface area contributed by atoms with Crippen LogP contribution in [-0.4, -0.2) is 6.04 Å². The lowest BCUT2D eigenvalue weighted by atomic mass is 9.79. The van der Waals surface area contributed by atoms with Crippen molar-refractivity contribution in [1.29, 1.82) is 0 Å². The normalized spacial score (nSPS) is 29.1. The van der Waals surface area contributed by atoms with Crippen LogP contribution in [0.1, 0.15) is 33.1 Å². The molecule has 0 spiro atoms. The monoisotopic (exact) mass is 299 g/mol. The molecule has 17 heavy (non-hydrogen) atoms. The van der Waals surface area contributed by atoms with Gasteiger partial charge in [-0.1, -0.05) is 13.8 Å². The fourth-order valence-corrected chi connectivity index (χ4v) is 2.75. The second-order valence-electron chi connectivity index (χ2n) is 5.24. The molecule has 1 aliphatic carbocycles. The van der Waals surface area contributed by atoms with Gasteiger partial charge < -0.3 is 5.32 Å². The molecule has 1 saturated carbocycles. The average Bonchev–Trinajstić information content (AvgIpc) is 2.29. The van der Waals surface area contributed by atoms with Crippen molar-refractivity contribution in [1.82, 2.24) is 0 Å². The van der Waals surface area contributed by atoms with Crippen molar-refractivity contribution < 1.29 is 4.39 Å². The van der Waals surface area contributed by atoms with E-state index in [9.17, 15) is 4.39 Å². The quantitative estimate of drug-likeness (QED) is 0.825. The first-order valence-corrected chi connectivity index (χ1v) is 7.07. The SMILES string of the molecule is CC1CCC(Nc2ccc(Br)c(F)c2)CC1C. The minimum Gasteiger partial charge on any atom is -0.382 e. The van der Waals surface area contributed by atoms with Gasteiger partial charge in [0, 0.05) is 11.7 Å². The summed E-state index contributed by atoms with van der Waals surface area (Å²) in [5.41, 5.74) is 0.887. The van der Waals surface area contributed by atoms with Crippen LogP contribution in [0, 0.1) is 17.7 Å². The maximum Gasteiger partial charge on any atom is 0.139 e. The summed E-state index contributed by atoms with van der Waals surface area (Å²) in [6, 6.07) is 5.73. The molecule has 3 atom stereocenters. The smallest absolute Gasteiger partial charge is 0.139 e. The van der Waals surface area contributed by atoms with Crippen molar-refractivity contribution in [2.45, 2.75) is 39.2 Å². The van der Waals surface area contributed by atoms with Gasteiger partial charge in [0.25, 0.3) is 0 Å². The Kier molecular flexibility index (Phi) is 4.08. The molecule has 0 amide bonds. The van der Waals surface area contributed by atoms with Gasteiger partial charge in [0.15, 0.2) is 0 Å². The van der Waals surface area contributed by atoms with Crippen LogP contribution in [0.15, 0.2) is 22.7 Å². The molecule has 1 aromatic carbocycles. The second-order valence-corrected chi connectivity index (χ2v) is 6.09. The third-order valence-electron chi connectivity index (χ3n) is 3.89. The minimum absolute atomic E-state index is 0.202. The molecule has 0 heterocycles. The highest BCUT2D eigenvalue weighted by molar-refractivity contribution is 9.10. The van der Waals surface area contributed by atoms with E-state index in [-0.39, 0.29) is 5.82 Å². The first-order valence-electron chi connectivity index (χ1n) is 6.28. The second kappa shape index (κ2) is 5.38. The molecule has 3 unspecified atom stereocenters. The summed E-state index contributed by atoms with van der Waals surface area (Å²) >= 11 is 3.17. The van der Waals surface area contributed by atoms with E-state index in [2.05, 4.69) is 35.1 Å². The van der Waals surface area contributed by atoms with Crippen LogP contribution in [0.2, 0.25) is 0 Å². The highest BCUT2D eigenvalue weighted by Gasteiger charge is 2.24. The Hall–Kier alpha value is -0.570. The van der Waals surface area contributed by atoms with E-state index < -0.39 is 0 Å². The Labute approximate surface area is 111 Å². The molecule has 1 N–H and O–H groups in total. The Bertz CT molecular complexity index is 394. The molecule has 0 aromatic heterocycles. The summed E-state index contributed by atoms with van der Waals surface area (Å²) in [7, 11) is 0. The number of hydrogen-bond donors (Lipinski definition) is 1. The van der Waals surface area contributed by atoms with Crippen molar-refractivity contribution in [2.24, 2.45) is 11.8 Å². The van der Waals surface area contributed by atoms with Crippen LogP contribution < -0.4 is 5.32 Å². The van der Waals surface area contributed by atoms with E-state index in [1.54, 1.807) is 12.1 Å². The molecule has 94 valence electrons. The van der Waals surface area contributed by atoms with Gasteiger partial charge in [-0.25, -0.2) is 4.39 Å². The summed E-state index contributed by atoms with van der Waals surface area (Å²) < 4.78 is 13.9. The van der Waals surface area contributed by atoms with Crippen LogP contribution in [0.5, 0.6) is 0 Å². The molecular weight excluding hydrogens is 281 g/mol. The minimum atomic E-state index is -0.202. The van der Waals surface area contributed by atoms with E-state index >= 15 is 0 Å². The molecule has 0 saturated heterocycles. The number of rotatable bonds is 2. The molecule has 1 aromatic rings. The van der Waals surface area contributed by atoms with Gasteiger partial charge in [0.05, 0.1) is 4.47 Å². The van der Waals surface area contributed by atoms with E-state index in [4.69, 9.17) is 0 Å². The maximum atomic E-state index is 13.4. The van der Waals surface area contributed by atoms with Gasteiger partial charge in [-0.05, 0) is 65.2 Å². The fourth-order valence-electron chi connectivity index (χ4n) is 2.50. The average molecular weight is 300 g/mol. The van der Waals surface area contributed by atoms with Crippen LogP contribution in [0.4, 0.5) is 10.1 Å². The summed E-state index contributed by atoms with van der Waals surface area (Å²) in [4.78, 5) is 0. The first kappa shape index (κ1) is 12.9. The lowest BCUT2D eigenvalue weighted by Crippen LogP contribution is -2.30. The largest absolute Gasteiger partial charge is 0.382 e. The van der Waals surface area contributed by atoms with Crippen molar-refractivity contribution in [3.8, 4) is 0 Å². The number of halogens is 2. The number of nitrogens with one attached hydrogen (secondary N) is 1. The van der Waals surface area contributed by atoms with Gasteiger partial charge in [0.2, 0.25) is 0 Å². The van der Waals surface area contributed by atoms with Crippen molar-refractivity contribution in [3.63, 3.8) is 0 Å². The Morgan fingerprint density at radius 3 is 2.65 bits per heavy atom. The van der Waals surface area contributed by atoms with Crippen LogP contribution in [0.3, 0.4) is 0 Å². The molecule has 2 rings (SSSR count).